The van der Waals surface area contributed by atoms with E-state index in [2.05, 4.69) is 25.9 Å². The molecule has 2 aromatic heterocycles. The van der Waals surface area contributed by atoms with Gasteiger partial charge in [-0.3, -0.25) is 0 Å². The van der Waals surface area contributed by atoms with E-state index in [0.717, 1.165) is 5.56 Å². The summed E-state index contributed by atoms with van der Waals surface area (Å²) in [5.41, 5.74) is 1.49. The molecule has 0 bridgehead atoms. The molecule has 2 rings (SSSR count). The Morgan fingerprint density at radius 2 is 2.29 bits per heavy atom. The van der Waals surface area contributed by atoms with Gasteiger partial charge in [0.25, 0.3) is 0 Å². The predicted molar refractivity (Wildman–Crippen MR) is 56.8 cm³/mol. The summed E-state index contributed by atoms with van der Waals surface area (Å²) >= 11 is 4.62. The van der Waals surface area contributed by atoms with Gasteiger partial charge < -0.3 is 0 Å². The number of hydrogen-bond acceptors (Lipinski definition) is 3. The van der Waals surface area contributed by atoms with Crippen LogP contribution in [-0.2, 0) is 6.42 Å². The van der Waals surface area contributed by atoms with Gasteiger partial charge in [0.1, 0.15) is 10.9 Å². The smallest absolute Gasteiger partial charge is 0.177 e. The van der Waals surface area contributed by atoms with Crippen molar-refractivity contribution in [2.24, 2.45) is 0 Å². The van der Waals surface area contributed by atoms with Crippen LogP contribution in [0.2, 0.25) is 0 Å². The normalized spacial score (nSPS) is 10.4. The highest BCUT2D eigenvalue weighted by molar-refractivity contribution is 9.10. The van der Waals surface area contributed by atoms with E-state index in [1.54, 1.807) is 11.3 Å². The lowest BCUT2D eigenvalue weighted by molar-refractivity contribution is 0.587. The van der Waals surface area contributed by atoms with E-state index in [1.165, 1.54) is 6.33 Å². The van der Waals surface area contributed by atoms with E-state index >= 15 is 0 Å². The van der Waals surface area contributed by atoms with Crippen molar-refractivity contribution >= 4 is 27.3 Å². The molecule has 0 aromatic carbocycles. The number of rotatable bonds is 2. The molecule has 0 aliphatic carbocycles. The maximum Gasteiger partial charge on any atom is 0.177 e. The van der Waals surface area contributed by atoms with Crippen LogP contribution >= 0.6 is 27.3 Å². The van der Waals surface area contributed by atoms with Gasteiger partial charge in [-0.1, -0.05) is 0 Å². The molecule has 2 heterocycles. The van der Waals surface area contributed by atoms with Crippen molar-refractivity contribution in [1.29, 1.82) is 0 Å². The van der Waals surface area contributed by atoms with Crippen molar-refractivity contribution in [3.05, 3.63) is 44.8 Å². The SMILES string of the molecule is Fc1c(Br)ncnc1Cc1ccsc1. The van der Waals surface area contributed by atoms with Gasteiger partial charge in [-0.05, 0) is 38.3 Å². The molecule has 0 saturated carbocycles. The Morgan fingerprint density at radius 3 is 3.00 bits per heavy atom. The zero-order valence-corrected chi connectivity index (χ0v) is 9.48. The number of halogens is 2. The average Bonchev–Trinajstić information content (AvgIpc) is 2.66. The highest BCUT2D eigenvalue weighted by Crippen LogP contribution is 2.17. The Morgan fingerprint density at radius 1 is 1.43 bits per heavy atom. The van der Waals surface area contributed by atoms with Gasteiger partial charge in [0.2, 0.25) is 0 Å². The number of hydrogen-bond donors (Lipinski definition) is 0. The third kappa shape index (κ3) is 1.99. The van der Waals surface area contributed by atoms with E-state index < -0.39 is 0 Å². The lowest BCUT2D eigenvalue weighted by Crippen LogP contribution is -1.98. The summed E-state index contributed by atoms with van der Waals surface area (Å²) in [6, 6.07) is 1.96. The van der Waals surface area contributed by atoms with E-state index in [0.29, 0.717) is 12.1 Å². The van der Waals surface area contributed by atoms with Gasteiger partial charge in [-0.2, -0.15) is 11.3 Å². The average molecular weight is 273 g/mol. The number of aromatic nitrogens is 2. The zero-order chi connectivity index (χ0) is 9.97. The third-order valence-electron chi connectivity index (χ3n) is 1.77. The van der Waals surface area contributed by atoms with E-state index in [9.17, 15) is 4.39 Å². The van der Waals surface area contributed by atoms with Crippen LogP contribution in [0, 0.1) is 5.82 Å². The van der Waals surface area contributed by atoms with Crippen LogP contribution in [0.15, 0.2) is 27.8 Å². The second-order valence-electron chi connectivity index (χ2n) is 2.73. The standard InChI is InChI=1S/C9H6BrFN2S/c10-9-8(11)7(12-5-13-9)3-6-1-2-14-4-6/h1-2,4-5H,3H2. The Balaban J connectivity index is 2.29. The number of thiophene rings is 1. The molecule has 2 nitrogen and oxygen atoms in total. The van der Waals surface area contributed by atoms with Crippen molar-refractivity contribution in [1.82, 2.24) is 9.97 Å². The molecule has 0 N–H and O–H groups in total. The highest BCUT2D eigenvalue weighted by atomic mass is 79.9. The molecule has 0 spiro atoms. The molecule has 72 valence electrons. The first-order valence-corrected chi connectivity index (χ1v) is 5.67. The third-order valence-corrected chi connectivity index (χ3v) is 3.06. The molecule has 0 saturated heterocycles. The Bertz CT molecular complexity index is 430. The molecule has 2 aromatic rings. The van der Waals surface area contributed by atoms with Crippen LogP contribution in [0.3, 0.4) is 0 Å². The Hall–Kier alpha value is -0.810. The van der Waals surface area contributed by atoms with Crippen molar-refractivity contribution in [2.75, 3.05) is 0 Å². The van der Waals surface area contributed by atoms with Crippen LogP contribution < -0.4 is 0 Å². The summed E-state index contributed by atoms with van der Waals surface area (Å²) in [6.45, 7) is 0. The van der Waals surface area contributed by atoms with Crippen molar-refractivity contribution in [2.45, 2.75) is 6.42 Å². The Kier molecular flexibility index (Phi) is 2.88. The second-order valence-corrected chi connectivity index (χ2v) is 4.26. The molecule has 14 heavy (non-hydrogen) atoms. The summed E-state index contributed by atoms with van der Waals surface area (Å²) < 4.78 is 13.6. The molecule has 5 heteroatoms. The largest absolute Gasteiger partial charge is 0.238 e. The molecule has 0 aliphatic rings. The van der Waals surface area contributed by atoms with Gasteiger partial charge in [-0.15, -0.1) is 0 Å². The first-order valence-electron chi connectivity index (χ1n) is 3.93. The minimum atomic E-state index is -0.376. The molecule has 0 amide bonds. The first-order chi connectivity index (χ1) is 6.77. The first kappa shape index (κ1) is 9.73. The zero-order valence-electron chi connectivity index (χ0n) is 7.08. The topological polar surface area (TPSA) is 25.8 Å². The maximum absolute atomic E-state index is 13.4. The molecule has 0 radical (unpaired) electrons. The molecular weight excluding hydrogens is 267 g/mol. The minimum Gasteiger partial charge on any atom is -0.238 e. The van der Waals surface area contributed by atoms with Crippen molar-refractivity contribution in [3.63, 3.8) is 0 Å². The summed E-state index contributed by atoms with van der Waals surface area (Å²) in [4.78, 5) is 7.60. The second kappa shape index (κ2) is 4.14. The summed E-state index contributed by atoms with van der Waals surface area (Å²) in [7, 11) is 0. The van der Waals surface area contributed by atoms with E-state index in [4.69, 9.17) is 0 Å². The van der Waals surface area contributed by atoms with Gasteiger partial charge in [0.15, 0.2) is 5.82 Å². The van der Waals surface area contributed by atoms with Crippen LogP contribution in [0.4, 0.5) is 4.39 Å². The molecule has 0 atom stereocenters. The van der Waals surface area contributed by atoms with E-state index in [1.807, 2.05) is 16.8 Å². The van der Waals surface area contributed by atoms with Crippen LogP contribution in [0.5, 0.6) is 0 Å². The predicted octanol–water partition coefficient (Wildman–Crippen LogP) is 3.03. The fourth-order valence-corrected chi connectivity index (χ4v) is 2.08. The number of nitrogens with zero attached hydrogens (tertiary/aromatic N) is 2. The van der Waals surface area contributed by atoms with Gasteiger partial charge in [-0.25, -0.2) is 14.4 Å². The minimum absolute atomic E-state index is 0.220. The quantitative estimate of drug-likeness (QED) is 0.786. The maximum atomic E-state index is 13.4. The summed E-state index contributed by atoms with van der Waals surface area (Å²) in [6.07, 6.45) is 1.87. The van der Waals surface area contributed by atoms with Crippen molar-refractivity contribution < 1.29 is 4.39 Å². The molecule has 0 fully saturated rings. The van der Waals surface area contributed by atoms with Gasteiger partial charge >= 0.3 is 0 Å². The van der Waals surface area contributed by atoms with E-state index in [-0.39, 0.29) is 10.4 Å². The monoisotopic (exact) mass is 272 g/mol. The molecule has 0 unspecified atom stereocenters. The van der Waals surface area contributed by atoms with Crippen molar-refractivity contribution in [3.8, 4) is 0 Å². The van der Waals surface area contributed by atoms with Gasteiger partial charge in [0, 0.05) is 6.42 Å². The fraction of sp³-hybridized carbons (Fsp3) is 0.111. The Labute approximate surface area is 93.0 Å². The summed E-state index contributed by atoms with van der Waals surface area (Å²) in [5, 5.41) is 3.94. The lowest BCUT2D eigenvalue weighted by Gasteiger charge is -2.00. The van der Waals surface area contributed by atoms with Gasteiger partial charge in [0.05, 0.1) is 5.69 Å². The lowest BCUT2D eigenvalue weighted by atomic mass is 10.2. The van der Waals surface area contributed by atoms with Crippen LogP contribution in [-0.4, -0.2) is 9.97 Å². The fourth-order valence-electron chi connectivity index (χ4n) is 1.09. The summed E-state index contributed by atoms with van der Waals surface area (Å²) in [5.74, 6) is -0.376. The van der Waals surface area contributed by atoms with Crippen LogP contribution in [0.25, 0.3) is 0 Å². The van der Waals surface area contributed by atoms with Crippen LogP contribution in [0.1, 0.15) is 11.3 Å². The molecule has 0 aliphatic heterocycles. The molecular formula is C9H6BrFN2S. The highest BCUT2D eigenvalue weighted by Gasteiger charge is 2.09.